The van der Waals surface area contributed by atoms with Gasteiger partial charge in [-0.15, -0.1) is 0 Å². The molecule has 3 rings (SSSR count). The summed E-state index contributed by atoms with van der Waals surface area (Å²) in [5.41, 5.74) is 1.88. The number of aryl methyl sites for hydroxylation is 1. The highest BCUT2D eigenvalue weighted by Crippen LogP contribution is 2.20. The van der Waals surface area contributed by atoms with E-state index in [4.69, 9.17) is 0 Å². The summed E-state index contributed by atoms with van der Waals surface area (Å²) in [6, 6.07) is 6.11. The van der Waals surface area contributed by atoms with Crippen molar-refractivity contribution in [2.45, 2.75) is 32.7 Å². The van der Waals surface area contributed by atoms with Crippen LogP contribution in [0.25, 0.3) is 11.4 Å². The molecule has 0 radical (unpaired) electrons. The molecule has 120 valence electrons. The normalized spacial score (nSPS) is 15.5. The highest BCUT2D eigenvalue weighted by atomic mass is 16.2. The van der Waals surface area contributed by atoms with Gasteiger partial charge < -0.3 is 10.2 Å². The Hall–Kier alpha value is -2.50. The first kappa shape index (κ1) is 15.4. The van der Waals surface area contributed by atoms with Crippen molar-refractivity contribution >= 4 is 11.7 Å². The van der Waals surface area contributed by atoms with Gasteiger partial charge in [0.25, 0.3) is 0 Å². The van der Waals surface area contributed by atoms with Crippen molar-refractivity contribution in [2.75, 3.05) is 18.4 Å². The predicted octanol–water partition coefficient (Wildman–Crippen LogP) is 2.27. The van der Waals surface area contributed by atoms with E-state index in [0.717, 1.165) is 43.0 Å². The van der Waals surface area contributed by atoms with Gasteiger partial charge in [0.1, 0.15) is 5.82 Å². The predicted molar refractivity (Wildman–Crippen MR) is 88.9 cm³/mol. The summed E-state index contributed by atoms with van der Waals surface area (Å²) in [6.45, 7) is 5.20. The molecule has 1 amide bonds. The molecule has 6 nitrogen and oxygen atoms in total. The van der Waals surface area contributed by atoms with Crippen LogP contribution in [0.15, 0.2) is 30.6 Å². The van der Waals surface area contributed by atoms with Crippen LogP contribution in [0.3, 0.4) is 0 Å². The number of hydrogen-bond donors (Lipinski definition) is 1. The third-order valence-electron chi connectivity index (χ3n) is 4.09. The fourth-order valence-corrected chi connectivity index (χ4v) is 2.82. The van der Waals surface area contributed by atoms with Gasteiger partial charge >= 0.3 is 0 Å². The Morgan fingerprint density at radius 1 is 1.22 bits per heavy atom. The van der Waals surface area contributed by atoms with E-state index in [9.17, 15) is 4.79 Å². The molecule has 0 unspecified atom stereocenters. The van der Waals surface area contributed by atoms with Crippen molar-refractivity contribution in [3.63, 3.8) is 0 Å². The van der Waals surface area contributed by atoms with E-state index in [1.165, 1.54) is 0 Å². The Bertz CT molecular complexity index is 681. The van der Waals surface area contributed by atoms with Crippen LogP contribution in [0, 0.1) is 6.92 Å². The lowest BCUT2D eigenvalue weighted by Gasteiger charge is -2.32. The second-order valence-corrected chi connectivity index (χ2v) is 5.88. The van der Waals surface area contributed by atoms with E-state index in [1.807, 2.05) is 30.0 Å². The second kappa shape index (κ2) is 6.73. The van der Waals surface area contributed by atoms with Gasteiger partial charge in [0.15, 0.2) is 5.82 Å². The Labute approximate surface area is 136 Å². The maximum Gasteiger partial charge on any atom is 0.219 e. The number of carbonyl (C=O) groups is 1. The molecule has 1 saturated heterocycles. The smallest absolute Gasteiger partial charge is 0.219 e. The summed E-state index contributed by atoms with van der Waals surface area (Å²) < 4.78 is 0. The summed E-state index contributed by atoms with van der Waals surface area (Å²) in [7, 11) is 0. The number of hydrogen-bond acceptors (Lipinski definition) is 5. The van der Waals surface area contributed by atoms with E-state index in [0.29, 0.717) is 11.9 Å². The average molecular weight is 311 g/mol. The number of rotatable bonds is 3. The van der Waals surface area contributed by atoms with E-state index < -0.39 is 0 Å². The lowest BCUT2D eigenvalue weighted by Crippen LogP contribution is -2.41. The Kier molecular flexibility index (Phi) is 4.50. The van der Waals surface area contributed by atoms with Crippen LogP contribution in [0.4, 0.5) is 5.82 Å². The Balaban J connectivity index is 1.72. The SMILES string of the molecule is CC(=O)N1CCC(Nc2cc(C)nc(-c3ccncc3)n2)CC1. The van der Waals surface area contributed by atoms with Crippen molar-refractivity contribution in [1.29, 1.82) is 0 Å². The number of nitrogens with zero attached hydrogens (tertiary/aromatic N) is 4. The van der Waals surface area contributed by atoms with E-state index in [2.05, 4.69) is 20.3 Å². The molecule has 6 heteroatoms. The summed E-state index contributed by atoms with van der Waals surface area (Å²) in [6.07, 6.45) is 5.36. The van der Waals surface area contributed by atoms with Crippen molar-refractivity contribution in [3.8, 4) is 11.4 Å². The maximum absolute atomic E-state index is 11.4. The molecule has 0 atom stereocenters. The van der Waals surface area contributed by atoms with Crippen LogP contribution in [-0.4, -0.2) is 44.9 Å². The van der Waals surface area contributed by atoms with Crippen molar-refractivity contribution in [2.24, 2.45) is 0 Å². The third kappa shape index (κ3) is 3.83. The van der Waals surface area contributed by atoms with E-state index in [-0.39, 0.29) is 5.91 Å². The van der Waals surface area contributed by atoms with Gasteiger partial charge in [-0.25, -0.2) is 9.97 Å². The second-order valence-electron chi connectivity index (χ2n) is 5.88. The molecule has 2 aromatic heterocycles. The minimum absolute atomic E-state index is 0.154. The fraction of sp³-hybridized carbons (Fsp3) is 0.412. The Morgan fingerprint density at radius 2 is 1.91 bits per heavy atom. The van der Waals surface area contributed by atoms with Crippen LogP contribution in [0.2, 0.25) is 0 Å². The van der Waals surface area contributed by atoms with Crippen LogP contribution in [0.1, 0.15) is 25.5 Å². The molecule has 23 heavy (non-hydrogen) atoms. The number of carbonyl (C=O) groups excluding carboxylic acids is 1. The van der Waals surface area contributed by atoms with Gasteiger partial charge in [-0.2, -0.15) is 0 Å². The van der Waals surface area contributed by atoms with Gasteiger partial charge in [-0.3, -0.25) is 9.78 Å². The molecule has 0 bridgehead atoms. The quantitative estimate of drug-likeness (QED) is 0.941. The van der Waals surface area contributed by atoms with E-state index in [1.54, 1.807) is 19.3 Å². The van der Waals surface area contributed by atoms with Gasteiger partial charge in [0.2, 0.25) is 5.91 Å². The molecular weight excluding hydrogens is 290 g/mol. The molecule has 1 aliphatic heterocycles. The molecule has 1 N–H and O–H groups in total. The first-order valence-corrected chi connectivity index (χ1v) is 7.90. The zero-order chi connectivity index (χ0) is 16.2. The zero-order valence-corrected chi connectivity index (χ0v) is 13.5. The van der Waals surface area contributed by atoms with Gasteiger partial charge in [-0.05, 0) is 31.9 Å². The number of pyridine rings is 1. The monoisotopic (exact) mass is 311 g/mol. The number of nitrogens with one attached hydrogen (secondary N) is 1. The van der Waals surface area contributed by atoms with Crippen molar-refractivity contribution < 1.29 is 4.79 Å². The number of aromatic nitrogens is 3. The summed E-state index contributed by atoms with van der Waals surface area (Å²) >= 11 is 0. The highest BCUT2D eigenvalue weighted by Gasteiger charge is 2.21. The highest BCUT2D eigenvalue weighted by molar-refractivity contribution is 5.73. The van der Waals surface area contributed by atoms with Crippen LogP contribution < -0.4 is 5.32 Å². The minimum Gasteiger partial charge on any atom is -0.367 e. The molecule has 1 aliphatic rings. The lowest BCUT2D eigenvalue weighted by atomic mass is 10.1. The molecule has 1 fully saturated rings. The van der Waals surface area contributed by atoms with Crippen molar-refractivity contribution in [3.05, 3.63) is 36.3 Å². The molecule has 0 aliphatic carbocycles. The molecule has 0 spiro atoms. The zero-order valence-electron chi connectivity index (χ0n) is 13.5. The topological polar surface area (TPSA) is 71.0 Å². The summed E-state index contributed by atoms with van der Waals surface area (Å²) in [5, 5.41) is 3.49. The number of anilines is 1. The summed E-state index contributed by atoms with van der Waals surface area (Å²) in [5.74, 6) is 1.70. The van der Waals surface area contributed by atoms with Gasteiger partial charge in [0, 0.05) is 55.8 Å². The Morgan fingerprint density at radius 3 is 2.57 bits per heavy atom. The van der Waals surface area contributed by atoms with Crippen LogP contribution >= 0.6 is 0 Å². The maximum atomic E-state index is 11.4. The fourth-order valence-electron chi connectivity index (χ4n) is 2.82. The van der Waals surface area contributed by atoms with Crippen LogP contribution in [-0.2, 0) is 4.79 Å². The largest absolute Gasteiger partial charge is 0.367 e. The number of amides is 1. The molecule has 0 saturated carbocycles. The minimum atomic E-state index is 0.154. The molecule has 3 heterocycles. The molecular formula is C17H21N5O. The molecule has 0 aromatic carbocycles. The van der Waals surface area contributed by atoms with Crippen molar-refractivity contribution in [1.82, 2.24) is 19.9 Å². The first-order chi connectivity index (χ1) is 11.1. The standard InChI is InChI=1S/C17H21N5O/c1-12-11-16(20-15-5-9-22(10-6-15)13(2)23)21-17(19-12)14-3-7-18-8-4-14/h3-4,7-8,11,15H,5-6,9-10H2,1-2H3,(H,19,20,21). The average Bonchev–Trinajstić information content (AvgIpc) is 2.55. The van der Waals surface area contributed by atoms with Crippen LogP contribution in [0.5, 0.6) is 0 Å². The lowest BCUT2D eigenvalue weighted by molar-refractivity contribution is -0.129. The number of piperidine rings is 1. The van der Waals surface area contributed by atoms with Gasteiger partial charge in [0.05, 0.1) is 0 Å². The molecule has 2 aromatic rings. The summed E-state index contributed by atoms with van der Waals surface area (Å²) in [4.78, 5) is 26.4. The van der Waals surface area contributed by atoms with E-state index >= 15 is 0 Å². The van der Waals surface area contributed by atoms with Gasteiger partial charge in [-0.1, -0.05) is 0 Å². The third-order valence-corrected chi connectivity index (χ3v) is 4.09. The number of likely N-dealkylation sites (tertiary alicyclic amines) is 1. The first-order valence-electron chi connectivity index (χ1n) is 7.90.